The molecule has 3 atom stereocenters. The van der Waals surface area contributed by atoms with E-state index in [4.69, 9.17) is 0 Å². The highest BCUT2D eigenvalue weighted by Gasteiger charge is 2.38. The van der Waals surface area contributed by atoms with Gasteiger partial charge < -0.3 is 21.3 Å². The number of nitrogens with zero attached hydrogens (tertiary/aromatic N) is 2. The Kier molecular flexibility index (Phi) is 9.56. The van der Waals surface area contributed by atoms with Crippen LogP contribution in [0.4, 0.5) is 5.00 Å². The van der Waals surface area contributed by atoms with E-state index < -0.39 is 23.5 Å². The molecule has 0 aliphatic heterocycles. The van der Waals surface area contributed by atoms with Gasteiger partial charge in [-0.3, -0.25) is 14.4 Å². The van der Waals surface area contributed by atoms with Gasteiger partial charge in [0, 0.05) is 17.1 Å². The molecule has 0 saturated heterocycles. The highest BCUT2D eigenvalue weighted by Crippen LogP contribution is 2.31. The zero-order chi connectivity index (χ0) is 26.3. The van der Waals surface area contributed by atoms with E-state index in [0.29, 0.717) is 10.7 Å². The fourth-order valence-electron chi connectivity index (χ4n) is 4.42. The third kappa shape index (κ3) is 7.10. The van der Waals surface area contributed by atoms with Crippen molar-refractivity contribution in [1.29, 1.82) is 0 Å². The predicted octanol–water partition coefficient (Wildman–Crippen LogP) is 3.35. The van der Waals surface area contributed by atoms with Gasteiger partial charge in [-0.2, -0.15) is 0 Å². The van der Waals surface area contributed by atoms with Crippen molar-refractivity contribution in [2.75, 3.05) is 12.4 Å². The summed E-state index contributed by atoms with van der Waals surface area (Å²) in [5.74, 6) is -0.884. The standard InChI is InChI=1S/C26H38N6O3S/c1-16(27-5)22(33)28-19(17-12-8-6-9-13-17)23(34)29-21(26(2,3)4)24(35)30-25-20(31-32-36-25)18-14-10-7-11-15-18/h7,10-11,14-17,19,21,27H,6,8-9,12-13H2,1-5H3,(H,28,33)(H,29,34)(H,30,35)/t16-,19-,21+/m0/s1. The maximum absolute atomic E-state index is 13.6. The Bertz CT molecular complexity index is 1030. The number of hydrogen-bond acceptors (Lipinski definition) is 7. The molecule has 0 bridgehead atoms. The first-order valence-electron chi connectivity index (χ1n) is 12.6. The molecule has 4 N–H and O–H groups in total. The topological polar surface area (TPSA) is 125 Å². The number of benzene rings is 1. The predicted molar refractivity (Wildman–Crippen MR) is 142 cm³/mol. The third-order valence-corrected chi connectivity index (χ3v) is 7.36. The zero-order valence-electron chi connectivity index (χ0n) is 21.8. The number of aromatic nitrogens is 2. The van der Waals surface area contributed by atoms with Crippen molar-refractivity contribution in [1.82, 2.24) is 25.5 Å². The Morgan fingerprint density at radius 3 is 2.25 bits per heavy atom. The summed E-state index contributed by atoms with van der Waals surface area (Å²) in [6.45, 7) is 7.46. The number of nitrogens with one attached hydrogen (secondary N) is 4. The molecule has 1 aromatic heterocycles. The van der Waals surface area contributed by atoms with Crippen LogP contribution in [0.3, 0.4) is 0 Å². The smallest absolute Gasteiger partial charge is 0.248 e. The van der Waals surface area contributed by atoms with Gasteiger partial charge in [0.2, 0.25) is 17.7 Å². The number of amides is 3. The lowest BCUT2D eigenvalue weighted by Crippen LogP contribution is -2.60. The van der Waals surface area contributed by atoms with E-state index in [0.717, 1.165) is 49.2 Å². The van der Waals surface area contributed by atoms with Crippen molar-refractivity contribution in [3.8, 4) is 11.3 Å². The van der Waals surface area contributed by atoms with Crippen LogP contribution >= 0.6 is 11.5 Å². The minimum Gasteiger partial charge on any atom is -0.343 e. The molecular weight excluding hydrogens is 476 g/mol. The number of carbonyl (C=O) groups is 3. The van der Waals surface area contributed by atoms with E-state index in [1.807, 2.05) is 51.1 Å². The van der Waals surface area contributed by atoms with Gasteiger partial charge in [-0.15, -0.1) is 5.10 Å². The molecule has 9 nitrogen and oxygen atoms in total. The maximum atomic E-state index is 13.6. The van der Waals surface area contributed by atoms with Crippen LogP contribution in [0.25, 0.3) is 11.3 Å². The quantitative estimate of drug-likeness (QED) is 0.407. The SMILES string of the molecule is CN[C@@H](C)C(=O)N[C@H](C(=O)N[C@H](C(=O)Nc1snnc1-c1ccccc1)C(C)(C)C)C1CCCCC1. The van der Waals surface area contributed by atoms with Gasteiger partial charge >= 0.3 is 0 Å². The molecule has 1 saturated carbocycles. The van der Waals surface area contributed by atoms with Gasteiger partial charge in [-0.1, -0.05) is 74.9 Å². The van der Waals surface area contributed by atoms with Gasteiger partial charge in [-0.25, -0.2) is 0 Å². The molecule has 1 aliphatic rings. The van der Waals surface area contributed by atoms with Crippen LogP contribution in [-0.4, -0.2) is 52.5 Å². The lowest BCUT2D eigenvalue weighted by Gasteiger charge is -2.35. The van der Waals surface area contributed by atoms with Crippen LogP contribution in [0, 0.1) is 11.3 Å². The number of carbonyl (C=O) groups excluding carboxylic acids is 3. The van der Waals surface area contributed by atoms with Crippen LogP contribution in [0.15, 0.2) is 30.3 Å². The van der Waals surface area contributed by atoms with Crippen LogP contribution in [-0.2, 0) is 14.4 Å². The minimum absolute atomic E-state index is 0.0332. The van der Waals surface area contributed by atoms with Gasteiger partial charge in [-0.05, 0) is 38.1 Å². The summed E-state index contributed by atoms with van der Waals surface area (Å²) in [5, 5.41) is 16.5. The first kappa shape index (κ1) is 27.7. The summed E-state index contributed by atoms with van der Waals surface area (Å²) in [7, 11) is 1.71. The third-order valence-electron chi connectivity index (χ3n) is 6.71. The highest BCUT2D eigenvalue weighted by atomic mass is 32.1. The number of likely N-dealkylation sites (N-methyl/N-ethyl adjacent to an activating group) is 1. The Labute approximate surface area is 217 Å². The minimum atomic E-state index is -0.833. The molecule has 2 aromatic rings. The average molecular weight is 515 g/mol. The molecule has 3 rings (SSSR count). The Morgan fingerprint density at radius 2 is 1.64 bits per heavy atom. The molecular formula is C26H38N6O3S. The Balaban J connectivity index is 1.80. The van der Waals surface area contributed by atoms with Crippen molar-refractivity contribution < 1.29 is 14.4 Å². The summed E-state index contributed by atoms with van der Waals surface area (Å²) in [6, 6.07) is 7.54. The molecule has 0 spiro atoms. The molecule has 1 heterocycles. The first-order chi connectivity index (χ1) is 17.1. The largest absolute Gasteiger partial charge is 0.343 e. The van der Waals surface area contributed by atoms with Crippen LogP contribution < -0.4 is 21.3 Å². The fourth-order valence-corrected chi connectivity index (χ4v) is 5.02. The summed E-state index contributed by atoms with van der Waals surface area (Å²) in [5.41, 5.74) is 0.849. The highest BCUT2D eigenvalue weighted by molar-refractivity contribution is 7.10. The van der Waals surface area contributed by atoms with Crippen molar-refractivity contribution >= 4 is 34.3 Å². The zero-order valence-corrected chi connectivity index (χ0v) is 22.6. The summed E-state index contributed by atoms with van der Waals surface area (Å²) in [6.07, 6.45) is 4.91. The first-order valence-corrected chi connectivity index (χ1v) is 13.4. The second-order valence-electron chi connectivity index (χ2n) is 10.5. The van der Waals surface area contributed by atoms with Gasteiger partial charge in [0.25, 0.3) is 0 Å². The number of rotatable bonds is 9. The van der Waals surface area contributed by atoms with Gasteiger partial charge in [0.05, 0.1) is 6.04 Å². The average Bonchev–Trinajstić information content (AvgIpc) is 3.33. The van der Waals surface area contributed by atoms with E-state index in [-0.39, 0.29) is 23.6 Å². The van der Waals surface area contributed by atoms with E-state index in [1.54, 1.807) is 14.0 Å². The second-order valence-corrected chi connectivity index (χ2v) is 11.3. The molecule has 1 aliphatic carbocycles. The molecule has 36 heavy (non-hydrogen) atoms. The monoisotopic (exact) mass is 514 g/mol. The second kappa shape index (κ2) is 12.4. The normalized spacial score (nSPS) is 17.0. The van der Waals surface area contributed by atoms with E-state index in [2.05, 4.69) is 30.9 Å². The maximum Gasteiger partial charge on any atom is 0.248 e. The summed E-state index contributed by atoms with van der Waals surface area (Å²) >= 11 is 1.09. The lowest BCUT2D eigenvalue weighted by atomic mass is 9.82. The number of hydrogen-bond donors (Lipinski definition) is 4. The van der Waals surface area contributed by atoms with E-state index in [1.165, 1.54) is 0 Å². The Morgan fingerprint density at radius 1 is 0.972 bits per heavy atom. The molecule has 0 unspecified atom stereocenters. The van der Waals surface area contributed by atoms with Gasteiger partial charge in [0.1, 0.15) is 22.8 Å². The molecule has 196 valence electrons. The van der Waals surface area contributed by atoms with E-state index in [9.17, 15) is 14.4 Å². The number of anilines is 1. The Hall–Kier alpha value is -2.85. The van der Waals surface area contributed by atoms with Crippen molar-refractivity contribution in [3.63, 3.8) is 0 Å². The van der Waals surface area contributed by atoms with Crippen molar-refractivity contribution in [2.24, 2.45) is 11.3 Å². The van der Waals surface area contributed by atoms with Gasteiger partial charge in [0.15, 0.2) is 0 Å². The molecule has 1 fully saturated rings. The fraction of sp³-hybridized carbons (Fsp3) is 0.577. The lowest BCUT2D eigenvalue weighted by molar-refractivity contribution is -0.134. The molecule has 3 amide bonds. The molecule has 10 heteroatoms. The molecule has 0 radical (unpaired) electrons. The van der Waals surface area contributed by atoms with Crippen LogP contribution in [0.2, 0.25) is 0 Å². The van der Waals surface area contributed by atoms with Crippen LogP contribution in [0.5, 0.6) is 0 Å². The molecule has 1 aromatic carbocycles. The van der Waals surface area contributed by atoms with Crippen molar-refractivity contribution in [2.45, 2.75) is 77.9 Å². The summed E-state index contributed by atoms with van der Waals surface area (Å²) < 4.78 is 4.02. The van der Waals surface area contributed by atoms with Crippen LogP contribution in [0.1, 0.15) is 59.8 Å². The van der Waals surface area contributed by atoms with E-state index >= 15 is 0 Å². The summed E-state index contributed by atoms with van der Waals surface area (Å²) in [4.78, 5) is 39.8. The van der Waals surface area contributed by atoms with Crippen molar-refractivity contribution in [3.05, 3.63) is 30.3 Å².